The molecule has 0 saturated heterocycles. The number of nitrogens with two attached hydrogens (primary N) is 1. The van der Waals surface area contributed by atoms with Crippen molar-refractivity contribution in [2.24, 2.45) is 5.73 Å². The van der Waals surface area contributed by atoms with Crippen LogP contribution >= 0.6 is 0 Å². The van der Waals surface area contributed by atoms with Crippen molar-refractivity contribution in [1.29, 1.82) is 0 Å². The summed E-state index contributed by atoms with van der Waals surface area (Å²) in [5.41, 5.74) is 6.14. The number of benzene rings is 1. The van der Waals surface area contributed by atoms with Gasteiger partial charge in [-0.3, -0.25) is 4.72 Å². The molecule has 0 unspecified atom stereocenters. The first-order chi connectivity index (χ1) is 14.4. The maximum atomic E-state index is 12.8. The molecular weight excluding hydrogens is 410 g/mol. The van der Waals surface area contributed by atoms with Gasteiger partial charge in [0, 0.05) is 28.6 Å². The normalized spacial score (nSPS) is 11.5. The number of amides is 1. The van der Waals surface area contributed by atoms with E-state index in [1.165, 1.54) is 18.3 Å². The Hall–Kier alpha value is -3.86. The maximum absolute atomic E-state index is 12.8. The van der Waals surface area contributed by atoms with Crippen molar-refractivity contribution in [3.05, 3.63) is 48.7 Å². The summed E-state index contributed by atoms with van der Waals surface area (Å²) in [6.45, 7) is 2.12. The predicted molar refractivity (Wildman–Crippen MR) is 110 cm³/mol. The number of carbonyl (C=O) groups excluding carboxylic acids is 1. The van der Waals surface area contributed by atoms with Gasteiger partial charge in [-0.2, -0.15) is 4.98 Å². The molecule has 1 amide bonds. The first-order valence-electron chi connectivity index (χ1n) is 8.88. The minimum absolute atomic E-state index is 0.0358. The van der Waals surface area contributed by atoms with Crippen molar-refractivity contribution < 1.29 is 22.7 Å². The predicted octanol–water partition coefficient (Wildman–Crippen LogP) is 2.77. The largest absolute Gasteiger partial charge is 0.478 e. The average molecular weight is 427 g/mol. The molecule has 3 aromatic heterocycles. The highest BCUT2D eigenvalue weighted by molar-refractivity contribution is 7.92. The van der Waals surface area contributed by atoms with Crippen LogP contribution in [0.1, 0.15) is 6.92 Å². The zero-order valence-electron chi connectivity index (χ0n) is 15.7. The van der Waals surface area contributed by atoms with E-state index >= 15 is 0 Å². The third-order valence-electron chi connectivity index (χ3n) is 4.21. The Labute approximate surface area is 171 Å². The summed E-state index contributed by atoms with van der Waals surface area (Å²) in [5.74, 6) is 0.356. The second-order valence-electron chi connectivity index (χ2n) is 6.20. The lowest BCUT2D eigenvalue weighted by atomic mass is 10.2. The number of carbonyl (C=O) groups is 1. The Kier molecular flexibility index (Phi) is 4.88. The summed E-state index contributed by atoms with van der Waals surface area (Å²) >= 11 is 0. The SMILES string of the molecule is CCOc1cc2c([nH]c3ccc(S(=O)(=O)Nc4ccccn4)cc32)c(OC(N)=O)n1. The summed E-state index contributed by atoms with van der Waals surface area (Å²) < 4.78 is 38.5. The molecule has 0 saturated carbocycles. The van der Waals surface area contributed by atoms with Crippen LogP contribution in [0.4, 0.5) is 10.6 Å². The van der Waals surface area contributed by atoms with Crippen LogP contribution in [0.3, 0.4) is 0 Å². The third-order valence-corrected chi connectivity index (χ3v) is 5.56. The molecular formula is C19H17N5O5S. The lowest BCUT2D eigenvalue weighted by molar-refractivity contribution is 0.209. The number of anilines is 1. The number of aromatic amines is 1. The van der Waals surface area contributed by atoms with Gasteiger partial charge in [0.2, 0.25) is 5.88 Å². The van der Waals surface area contributed by atoms with Gasteiger partial charge in [0.1, 0.15) is 11.3 Å². The van der Waals surface area contributed by atoms with Crippen LogP contribution in [0.25, 0.3) is 21.8 Å². The van der Waals surface area contributed by atoms with Gasteiger partial charge in [-0.15, -0.1) is 0 Å². The van der Waals surface area contributed by atoms with Crippen molar-refractivity contribution in [3.8, 4) is 11.8 Å². The maximum Gasteiger partial charge on any atom is 0.411 e. The number of primary amides is 1. The number of fused-ring (bicyclic) bond motifs is 3. The van der Waals surface area contributed by atoms with Gasteiger partial charge in [-0.1, -0.05) is 6.07 Å². The standard InChI is InChI=1S/C19H17N5O5S/c1-2-28-16-10-13-12-9-11(30(26,27)24-15-5-3-4-8-21-15)6-7-14(12)22-17(13)18(23-16)29-19(20)25/h3-10,22H,2H2,1H3,(H2,20,25)(H,21,24). The van der Waals surface area contributed by atoms with E-state index in [1.807, 2.05) is 0 Å². The van der Waals surface area contributed by atoms with Crippen LogP contribution in [-0.4, -0.2) is 36.1 Å². The van der Waals surface area contributed by atoms with E-state index in [9.17, 15) is 13.2 Å². The lowest BCUT2D eigenvalue weighted by Crippen LogP contribution is -2.17. The zero-order valence-corrected chi connectivity index (χ0v) is 16.6. The molecule has 0 radical (unpaired) electrons. The van der Waals surface area contributed by atoms with E-state index in [2.05, 4.69) is 19.7 Å². The molecule has 4 rings (SSSR count). The molecule has 0 bridgehead atoms. The highest BCUT2D eigenvalue weighted by Gasteiger charge is 2.19. The van der Waals surface area contributed by atoms with Crippen molar-refractivity contribution in [2.45, 2.75) is 11.8 Å². The molecule has 0 aliphatic carbocycles. The number of ether oxygens (including phenoxy) is 2. The first kappa shape index (κ1) is 19.5. The monoisotopic (exact) mass is 427 g/mol. The summed E-state index contributed by atoms with van der Waals surface area (Å²) in [5, 5.41) is 1.14. The minimum Gasteiger partial charge on any atom is -0.478 e. The number of sulfonamides is 1. The highest BCUT2D eigenvalue weighted by atomic mass is 32.2. The molecule has 11 heteroatoms. The van der Waals surface area contributed by atoms with Crippen LogP contribution < -0.4 is 19.9 Å². The van der Waals surface area contributed by atoms with Crippen LogP contribution in [-0.2, 0) is 10.0 Å². The molecule has 0 atom stereocenters. The Morgan fingerprint density at radius 3 is 2.73 bits per heavy atom. The average Bonchev–Trinajstić information content (AvgIpc) is 3.07. The Morgan fingerprint density at radius 2 is 2.03 bits per heavy atom. The second-order valence-corrected chi connectivity index (χ2v) is 7.88. The third kappa shape index (κ3) is 3.70. The zero-order chi connectivity index (χ0) is 21.3. The molecule has 154 valence electrons. The van der Waals surface area contributed by atoms with Gasteiger partial charge < -0.3 is 20.2 Å². The summed E-state index contributed by atoms with van der Waals surface area (Å²) in [6.07, 6.45) is 0.461. The molecule has 3 heterocycles. The molecule has 0 fully saturated rings. The van der Waals surface area contributed by atoms with Crippen LogP contribution in [0, 0.1) is 0 Å². The number of H-pyrrole nitrogens is 1. The number of rotatable bonds is 6. The Morgan fingerprint density at radius 1 is 1.20 bits per heavy atom. The number of nitrogens with one attached hydrogen (secondary N) is 2. The first-order valence-corrected chi connectivity index (χ1v) is 10.4. The lowest BCUT2D eigenvalue weighted by Gasteiger charge is -2.07. The molecule has 30 heavy (non-hydrogen) atoms. The fourth-order valence-corrected chi connectivity index (χ4v) is 4.03. The molecule has 0 aliphatic heterocycles. The topological polar surface area (TPSA) is 149 Å². The van der Waals surface area contributed by atoms with E-state index in [4.69, 9.17) is 15.2 Å². The highest BCUT2D eigenvalue weighted by Crippen LogP contribution is 2.34. The summed E-state index contributed by atoms with van der Waals surface area (Å²) in [4.78, 5) is 22.5. The van der Waals surface area contributed by atoms with Crippen LogP contribution in [0.15, 0.2) is 53.6 Å². The Bertz CT molecular complexity index is 1350. The number of aromatic nitrogens is 3. The van der Waals surface area contributed by atoms with E-state index in [1.54, 1.807) is 37.3 Å². The van der Waals surface area contributed by atoms with Crippen LogP contribution in [0.2, 0.25) is 0 Å². The molecule has 1 aromatic carbocycles. The van der Waals surface area contributed by atoms with E-state index in [0.717, 1.165) is 0 Å². The number of pyridine rings is 2. The van der Waals surface area contributed by atoms with Crippen molar-refractivity contribution >= 4 is 43.7 Å². The van der Waals surface area contributed by atoms with E-state index < -0.39 is 16.1 Å². The quantitative estimate of drug-likeness (QED) is 0.428. The van der Waals surface area contributed by atoms with Gasteiger partial charge in [0.15, 0.2) is 0 Å². The second kappa shape index (κ2) is 7.52. The van der Waals surface area contributed by atoms with Crippen molar-refractivity contribution in [2.75, 3.05) is 11.3 Å². The fraction of sp³-hybridized carbons (Fsp3) is 0.105. The molecule has 10 nitrogen and oxygen atoms in total. The van der Waals surface area contributed by atoms with Gasteiger partial charge in [-0.05, 0) is 37.3 Å². The number of nitrogens with zero attached hydrogens (tertiary/aromatic N) is 2. The number of hydrogen-bond donors (Lipinski definition) is 3. The van der Waals surface area contributed by atoms with Gasteiger partial charge in [-0.25, -0.2) is 18.2 Å². The molecule has 0 aliphatic rings. The molecule has 4 N–H and O–H groups in total. The molecule has 0 spiro atoms. The van der Waals surface area contributed by atoms with Crippen molar-refractivity contribution in [1.82, 2.24) is 15.0 Å². The van der Waals surface area contributed by atoms with Crippen LogP contribution in [0.5, 0.6) is 11.8 Å². The van der Waals surface area contributed by atoms with Gasteiger partial charge in [0.25, 0.3) is 15.9 Å². The Balaban J connectivity index is 1.86. The number of hydrogen-bond acceptors (Lipinski definition) is 7. The smallest absolute Gasteiger partial charge is 0.411 e. The van der Waals surface area contributed by atoms with Gasteiger partial charge >= 0.3 is 6.09 Å². The molecule has 4 aromatic rings. The summed E-state index contributed by atoms with van der Waals surface area (Å²) in [7, 11) is -3.88. The summed E-state index contributed by atoms with van der Waals surface area (Å²) in [6, 6.07) is 11.1. The van der Waals surface area contributed by atoms with Gasteiger partial charge in [0.05, 0.1) is 11.5 Å². The van der Waals surface area contributed by atoms with Crippen molar-refractivity contribution in [3.63, 3.8) is 0 Å². The van der Waals surface area contributed by atoms with E-state index in [0.29, 0.717) is 28.4 Å². The fourth-order valence-electron chi connectivity index (χ4n) is 3.00. The minimum atomic E-state index is -3.88. The van der Waals surface area contributed by atoms with E-state index in [-0.39, 0.29) is 22.5 Å².